The molecule has 0 aliphatic carbocycles. The van der Waals surface area contributed by atoms with E-state index >= 15 is 0 Å². The van der Waals surface area contributed by atoms with Gasteiger partial charge in [-0.2, -0.15) is 0 Å². The first-order chi connectivity index (χ1) is 9.95. The number of anilines is 1. The van der Waals surface area contributed by atoms with E-state index in [-0.39, 0.29) is 11.9 Å². The van der Waals surface area contributed by atoms with Gasteiger partial charge in [-0.05, 0) is 38.2 Å². The van der Waals surface area contributed by atoms with E-state index in [1.807, 2.05) is 28.2 Å². The molecule has 118 valence electrons. The average Bonchev–Trinajstić information content (AvgIpc) is 2.45. The van der Waals surface area contributed by atoms with E-state index in [0.717, 1.165) is 12.8 Å². The van der Waals surface area contributed by atoms with Gasteiger partial charge >= 0.3 is 0 Å². The van der Waals surface area contributed by atoms with E-state index in [0.29, 0.717) is 13.0 Å². The summed E-state index contributed by atoms with van der Waals surface area (Å²) < 4.78 is 0. The maximum atomic E-state index is 11.8. The third-order valence-corrected chi connectivity index (χ3v) is 3.67. The molecule has 0 aromatic heterocycles. The second-order valence-electron chi connectivity index (χ2n) is 5.87. The van der Waals surface area contributed by atoms with Gasteiger partial charge in [0.1, 0.15) is 0 Å². The highest BCUT2D eigenvalue weighted by molar-refractivity contribution is 5.75. The van der Waals surface area contributed by atoms with Crippen molar-refractivity contribution in [3.8, 4) is 0 Å². The van der Waals surface area contributed by atoms with Gasteiger partial charge in [-0.1, -0.05) is 25.5 Å². The number of carbonyl (C=O) groups excluding carboxylic acids is 1. The van der Waals surface area contributed by atoms with E-state index in [4.69, 9.17) is 0 Å². The largest absolute Gasteiger partial charge is 0.378 e. The third kappa shape index (κ3) is 5.76. The van der Waals surface area contributed by atoms with E-state index in [2.05, 4.69) is 46.3 Å². The molecule has 0 aliphatic rings. The van der Waals surface area contributed by atoms with Crippen LogP contribution in [0.15, 0.2) is 24.3 Å². The van der Waals surface area contributed by atoms with Gasteiger partial charge in [-0.3, -0.25) is 4.79 Å². The molecule has 0 bridgehead atoms. The van der Waals surface area contributed by atoms with Crippen LogP contribution in [-0.4, -0.2) is 45.5 Å². The monoisotopic (exact) mass is 291 g/mol. The fourth-order valence-electron chi connectivity index (χ4n) is 2.23. The summed E-state index contributed by atoms with van der Waals surface area (Å²) in [5.74, 6) is 0.147. The summed E-state index contributed by atoms with van der Waals surface area (Å²) in [6.45, 7) is 2.75. The molecule has 0 aliphatic heterocycles. The summed E-state index contributed by atoms with van der Waals surface area (Å²) in [7, 11) is 8.16. The second kappa shape index (κ2) is 8.67. The number of hydrogen-bond acceptors (Lipinski definition) is 3. The van der Waals surface area contributed by atoms with Gasteiger partial charge in [0, 0.05) is 32.7 Å². The molecular formula is C17H29N3O. The summed E-state index contributed by atoms with van der Waals surface area (Å²) in [5, 5.41) is 3.04. The van der Waals surface area contributed by atoms with Crippen LogP contribution in [0.25, 0.3) is 0 Å². The van der Waals surface area contributed by atoms with Crippen LogP contribution < -0.4 is 10.2 Å². The molecule has 0 unspecified atom stereocenters. The van der Waals surface area contributed by atoms with E-state index in [9.17, 15) is 4.79 Å². The summed E-state index contributed by atoms with van der Waals surface area (Å²) in [4.78, 5) is 16.0. The second-order valence-corrected chi connectivity index (χ2v) is 5.87. The first kappa shape index (κ1) is 17.5. The first-order valence-corrected chi connectivity index (χ1v) is 7.66. The fraction of sp³-hybridized carbons (Fsp3) is 0.588. The van der Waals surface area contributed by atoms with Gasteiger partial charge in [-0.15, -0.1) is 0 Å². The summed E-state index contributed by atoms with van der Waals surface area (Å²) in [6, 6.07) is 8.71. The zero-order valence-electron chi connectivity index (χ0n) is 14.0. The topological polar surface area (TPSA) is 35.6 Å². The molecule has 1 atom stereocenters. The van der Waals surface area contributed by atoms with Crippen LogP contribution in [0.3, 0.4) is 0 Å². The van der Waals surface area contributed by atoms with Crippen molar-refractivity contribution in [1.82, 2.24) is 10.2 Å². The Hall–Kier alpha value is -1.55. The van der Waals surface area contributed by atoms with Crippen molar-refractivity contribution < 1.29 is 4.79 Å². The Bertz CT molecular complexity index is 426. The molecule has 1 amide bonds. The minimum Gasteiger partial charge on any atom is -0.378 e. The summed E-state index contributed by atoms with van der Waals surface area (Å²) in [6.07, 6.45) is 2.63. The van der Waals surface area contributed by atoms with Crippen molar-refractivity contribution in [3.63, 3.8) is 0 Å². The van der Waals surface area contributed by atoms with Crippen LogP contribution in [0.2, 0.25) is 0 Å². The summed E-state index contributed by atoms with van der Waals surface area (Å²) >= 11 is 0. The smallest absolute Gasteiger partial charge is 0.220 e. The van der Waals surface area contributed by atoms with Crippen LogP contribution in [-0.2, 0) is 4.79 Å². The van der Waals surface area contributed by atoms with Gasteiger partial charge in [0.05, 0.1) is 6.04 Å². The third-order valence-electron chi connectivity index (χ3n) is 3.67. The molecule has 0 saturated heterocycles. The Kier molecular flexibility index (Phi) is 7.23. The maximum absolute atomic E-state index is 11.8. The molecule has 1 aromatic carbocycles. The van der Waals surface area contributed by atoms with Gasteiger partial charge in [0.25, 0.3) is 0 Å². The Morgan fingerprint density at radius 3 is 2.24 bits per heavy atom. The first-order valence-electron chi connectivity index (χ1n) is 7.66. The minimum atomic E-state index is 0.147. The van der Waals surface area contributed by atoms with Crippen molar-refractivity contribution in [1.29, 1.82) is 0 Å². The molecule has 4 nitrogen and oxygen atoms in total. The minimum absolute atomic E-state index is 0.147. The number of carbonyl (C=O) groups is 1. The predicted octanol–water partition coefficient (Wildman–Crippen LogP) is 2.66. The highest BCUT2D eigenvalue weighted by Crippen LogP contribution is 2.20. The molecule has 1 rings (SSSR count). The van der Waals surface area contributed by atoms with Crippen molar-refractivity contribution >= 4 is 11.6 Å². The number of nitrogens with one attached hydrogen (secondary N) is 1. The Morgan fingerprint density at radius 2 is 1.76 bits per heavy atom. The molecule has 1 N–H and O–H groups in total. The van der Waals surface area contributed by atoms with Crippen LogP contribution in [0.4, 0.5) is 5.69 Å². The lowest BCUT2D eigenvalue weighted by Crippen LogP contribution is -2.34. The number of amides is 1. The van der Waals surface area contributed by atoms with Crippen molar-refractivity contribution in [2.45, 2.75) is 32.2 Å². The van der Waals surface area contributed by atoms with E-state index in [1.54, 1.807) is 0 Å². The van der Waals surface area contributed by atoms with Crippen LogP contribution in [0.1, 0.15) is 37.8 Å². The van der Waals surface area contributed by atoms with Crippen molar-refractivity contribution in [2.75, 3.05) is 39.6 Å². The number of nitrogens with zero attached hydrogens (tertiary/aromatic N) is 2. The van der Waals surface area contributed by atoms with E-state index < -0.39 is 0 Å². The Balaban J connectivity index is 2.66. The lowest BCUT2D eigenvalue weighted by molar-refractivity contribution is -0.121. The average molecular weight is 291 g/mol. The zero-order valence-corrected chi connectivity index (χ0v) is 14.0. The molecule has 0 spiro atoms. The SMILES string of the molecule is CCCCC(=O)NC[C@@H](c1ccc(N(C)C)cc1)N(C)C. The molecule has 0 saturated carbocycles. The molecule has 0 fully saturated rings. The standard InChI is InChI=1S/C17H29N3O/c1-6-7-8-17(21)18-13-16(20(4)5)14-9-11-15(12-10-14)19(2)3/h9-12,16H,6-8,13H2,1-5H3,(H,18,21)/t16-/m0/s1. The number of rotatable bonds is 8. The zero-order chi connectivity index (χ0) is 15.8. The molecule has 4 heteroatoms. The molecular weight excluding hydrogens is 262 g/mol. The lowest BCUT2D eigenvalue weighted by Gasteiger charge is -2.25. The molecule has 1 aromatic rings. The molecule has 0 radical (unpaired) electrons. The van der Waals surface area contributed by atoms with Crippen LogP contribution >= 0.6 is 0 Å². The van der Waals surface area contributed by atoms with Gasteiger partial charge in [0.2, 0.25) is 5.91 Å². The predicted molar refractivity (Wildman–Crippen MR) is 89.7 cm³/mol. The van der Waals surface area contributed by atoms with Crippen LogP contribution in [0, 0.1) is 0 Å². The fourth-order valence-corrected chi connectivity index (χ4v) is 2.23. The summed E-state index contributed by atoms with van der Waals surface area (Å²) in [5.41, 5.74) is 2.41. The Labute approximate surface area is 129 Å². The van der Waals surface area contributed by atoms with Gasteiger partial charge in [-0.25, -0.2) is 0 Å². The highest BCUT2D eigenvalue weighted by Gasteiger charge is 2.15. The number of benzene rings is 1. The number of hydrogen-bond donors (Lipinski definition) is 1. The molecule has 21 heavy (non-hydrogen) atoms. The van der Waals surface area contributed by atoms with Crippen LogP contribution in [0.5, 0.6) is 0 Å². The molecule has 0 heterocycles. The maximum Gasteiger partial charge on any atom is 0.220 e. The Morgan fingerprint density at radius 1 is 1.14 bits per heavy atom. The van der Waals surface area contributed by atoms with Gasteiger partial charge < -0.3 is 15.1 Å². The number of unbranched alkanes of at least 4 members (excludes halogenated alkanes) is 1. The van der Waals surface area contributed by atoms with Crippen molar-refractivity contribution in [3.05, 3.63) is 29.8 Å². The lowest BCUT2D eigenvalue weighted by atomic mass is 10.1. The van der Waals surface area contributed by atoms with Gasteiger partial charge in [0.15, 0.2) is 0 Å². The normalized spacial score (nSPS) is 12.3. The highest BCUT2D eigenvalue weighted by atomic mass is 16.1. The van der Waals surface area contributed by atoms with E-state index in [1.165, 1.54) is 11.3 Å². The van der Waals surface area contributed by atoms with Crippen molar-refractivity contribution in [2.24, 2.45) is 0 Å². The quantitative estimate of drug-likeness (QED) is 0.800. The number of likely N-dealkylation sites (N-methyl/N-ethyl adjacent to an activating group) is 1.